The molecule has 1 saturated heterocycles. The number of ketones is 1. The maximum absolute atomic E-state index is 15.5. The number of rotatable bonds is 9. The average molecular weight is 443 g/mol. The van der Waals surface area contributed by atoms with E-state index in [0.717, 1.165) is 4.90 Å². The van der Waals surface area contributed by atoms with Crippen molar-refractivity contribution in [1.29, 1.82) is 0 Å². The lowest BCUT2D eigenvalue weighted by Crippen LogP contribution is -2.45. The number of carbonyl (C=O) groups excluding carboxylic acids is 2. The van der Waals surface area contributed by atoms with Gasteiger partial charge in [0.05, 0.1) is 18.6 Å². The molecule has 1 amide bonds. The van der Waals surface area contributed by atoms with Crippen LogP contribution in [0.5, 0.6) is 0 Å². The number of amides is 1. The van der Waals surface area contributed by atoms with Gasteiger partial charge in [0.15, 0.2) is 18.2 Å². The van der Waals surface area contributed by atoms with E-state index in [-0.39, 0.29) is 37.3 Å². The Morgan fingerprint density at radius 3 is 2.60 bits per heavy atom. The summed E-state index contributed by atoms with van der Waals surface area (Å²) in [5.41, 5.74) is 0. The molecule has 2 aliphatic heterocycles. The third-order valence-corrected chi connectivity index (χ3v) is 6.97. The van der Waals surface area contributed by atoms with E-state index >= 15 is 4.39 Å². The van der Waals surface area contributed by atoms with Crippen LogP contribution in [0.15, 0.2) is 12.3 Å². The monoisotopic (exact) mass is 443 g/mol. The topological polar surface area (TPSA) is 68.3 Å². The number of allylic oxidation sites excluding steroid dienone is 1. The number of terminal acetylenes is 1. The number of hydrogen-bond acceptors (Lipinski definition) is 6. The molecule has 0 spiro atoms. The smallest absolute Gasteiger partial charge is 0.259 e. The lowest BCUT2D eigenvalue weighted by Gasteiger charge is -2.38. The van der Waals surface area contributed by atoms with Crippen molar-refractivity contribution in [3.8, 4) is 12.3 Å². The number of alkyl halides is 1. The average Bonchev–Trinajstić information content (AvgIpc) is 2.97. The first-order chi connectivity index (χ1) is 14.6. The van der Waals surface area contributed by atoms with E-state index in [1.165, 1.54) is 12.3 Å². The van der Waals surface area contributed by atoms with E-state index in [2.05, 4.69) is 5.92 Å². The van der Waals surface area contributed by atoms with Gasteiger partial charge in [-0.2, -0.15) is 0 Å². The zero-order chi connectivity index (χ0) is 23.3. The van der Waals surface area contributed by atoms with Crippen molar-refractivity contribution in [2.45, 2.75) is 97.2 Å². The van der Waals surface area contributed by atoms with Crippen LogP contribution in [0.3, 0.4) is 0 Å². The maximum Gasteiger partial charge on any atom is 0.259 e. The van der Waals surface area contributed by atoms with Crippen molar-refractivity contribution in [1.82, 2.24) is 9.57 Å². The summed E-state index contributed by atoms with van der Waals surface area (Å²) in [6.45, 7) is 9.54. The molecule has 2 heterocycles. The Hall–Kier alpha value is -1.36. The first-order valence-corrected chi connectivity index (χ1v) is 11.2. The molecular formula is C21H32FN2O5P. The van der Waals surface area contributed by atoms with E-state index in [9.17, 15) is 9.59 Å². The Morgan fingerprint density at radius 1 is 1.40 bits per heavy atom. The maximum atomic E-state index is 15.5. The molecule has 0 bridgehead atoms. The van der Waals surface area contributed by atoms with Crippen LogP contribution in [0.1, 0.15) is 55.7 Å². The quantitative estimate of drug-likeness (QED) is 0.309. The molecule has 2 rings (SSSR count). The zero-order valence-electron chi connectivity index (χ0n) is 19.2. The lowest BCUT2D eigenvalue weighted by molar-refractivity contribution is -0.145. The summed E-state index contributed by atoms with van der Waals surface area (Å²) in [6, 6.07) is 0.0970. The van der Waals surface area contributed by atoms with Gasteiger partial charge in [-0.05, 0) is 47.6 Å². The Kier molecular flexibility index (Phi) is 8.38. The highest BCUT2D eigenvalue weighted by Gasteiger charge is 2.50. The first-order valence-electron chi connectivity index (χ1n) is 10.8. The molecule has 30 heavy (non-hydrogen) atoms. The van der Waals surface area contributed by atoms with Crippen LogP contribution in [0.2, 0.25) is 0 Å². The van der Waals surface area contributed by atoms with Crippen molar-refractivity contribution in [3.63, 3.8) is 0 Å². The molecule has 0 saturated carbocycles. The minimum atomic E-state index is -1.72. The second-order valence-corrected chi connectivity index (χ2v) is 9.33. The molecule has 6 unspecified atom stereocenters. The lowest BCUT2D eigenvalue weighted by atomic mass is 10.1. The molecule has 6 atom stereocenters. The van der Waals surface area contributed by atoms with Crippen LogP contribution >= 0.6 is 8.53 Å². The molecular weight excluding hydrogens is 410 g/mol. The van der Waals surface area contributed by atoms with E-state index in [1.807, 2.05) is 39.3 Å². The zero-order valence-corrected chi connectivity index (χ0v) is 19.1. The van der Waals surface area contributed by atoms with Gasteiger partial charge in [0.1, 0.15) is 6.10 Å². The van der Waals surface area contributed by atoms with E-state index in [4.69, 9.17) is 21.6 Å². The minimum Gasteiger partial charge on any atom is -0.349 e. The normalized spacial score (nSPS) is 29.6. The number of hydrogen-bond donors (Lipinski definition) is 0. The minimum absolute atomic E-state index is 0.0485. The molecule has 0 aromatic carbocycles. The number of ether oxygens (including phenoxy) is 1. The van der Waals surface area contributed by atoms with Gasteiger partial charge in [-0.1, -0.05) is 0 Å². The predicted molar refractivity (Wildman–Crippen MR) is 113 cm³/mol. The molecule has 9 heteroatoms. The summed E-state index contributed by atoms with van der Waals surface area (Å²) < 4.78 is 43.3. The van der Waals surface area contributed by atoms with Crippen LogP contribution in [-0.2, 0) is 23.4 Å². The highest BCUT2D eigenvalue weighted by atomic mass is 31.2. The molecule has 0 aliphatic carbocycles. The van der Waals surface area contributed by atoms with Gasteiger partial charge in [-0.3, -0.25) is 14.5 Å². The third-order valence-electron chi connectivity index (χ3n) is 4.71. The predicted octanol–water partition coefficient (Wildman–Crippen LogP) is 3.54. The van der Waals surface area contributed by atoms with Crippen LogP contribution < -0.4 is 0 Å². The van der Waals surface area contributed by atoms with Gasteiger partial charge < -0.3 is 13.8 Å². The van der Waals surface area contributed by atoms with Gasteiger partial charge in [0.25, 0.3) is 8.53 Å². The van der Waals surface area contributed by atoms with E-state index in [1.54, 1.807) is 0 Å². The Bertz CT molecular complexity index is 708. The second kappa shape index (κ2) is 10.8. The van der Waals surface area contributed by atoms with Gasteiger partial charge in [0, 0.05) is 26.1 Å². The number of nitrogens with zero attached hydrogens (tertiary/aromatic N) is 2. The molecule has 0 aromatic heterocycles. The van der Waals surface area contributed by atoms with Gasteiger partial charge in [0.2, 0.25) is 5.91 Å². The fraction of sp³-hybridized carbons (Fsp3) is 0.714. The van der Waals surface area contributed by atoms with Crippen molar-refractivity contribution in [2.24, 2.45) is 0 Å². The van der Waals surface area contributed by atoms with E-state index in [0.29, 0.717) is 6.42 Å². The Morgan fingerprint density at radius 2 is 2.07 bits per heavy atom. The highest BCUT2D eigenvalue weighted by Crippen LogP contribution is 2.50. The summed E-state index contributed by atoms with van der Waals surface area (Å²) >= 11 is 0. The molecule has 7 nitrogen and oxygen atoms in total. The number of halogens is 1. The summed E-state index contributed by atoms with van der Waals surface area (Å²) in [5, 5.41) is 0. The van der Waals surface area contributed by atoms with Gasteiger partial charge >= 0.3 is 0 Å². The Balaban J connectivity index is 2.26. The molecule has 1 fully saturated rings. The van der Waals surface area contributed by atoms with Crippen LogP contribution in [0.4, 0.5) is 4.39 Å². The fourth-order valence-corrected chi connectivity index (χ4v) is 5.25. The van der Waals surface area contributed by atoms with Gasteiger partial charge in [-0.25, -0.2) is 9.06 Å². The Labute approximate surface area is 181 Å². The third kappa shape index (κ3) is 5.87. The molecule has 0 radical (unpaired) electrons. The van der Waals surface area contributed by atoms with Crippen LogP contribution in [0, 0.1) is 12.3 Å². The summed E-state index contributed by atoms with van der Waals surface area (Å²) in [6.07, 6.45) is 2.61. The van der Waals surface area contributed by atoms with Crippen molar-refractivity contribution < 1.29 is 29.1 Å². The van der Waals surface area contributed by atoms with Gasteiger partial charge in [-0.15, -0.1) is 12.3 Å². The van der Waals surface area contributed by atoms with Crippen molar-refractivity contribution in [2.75, 3.05) is 0 Å². The first kappa shape index (κ1) is 23.3. The van der Waals surface area contributed by atoms with Crippen molar-refractivity contribution in [3.05, 3.63) is 12.3 Å². The fourth-order valence-electron chi connectivity index (χ4n) is 3.38. The van der Waals surface area contributed by atoms with Crippen LogP contribution in [-0.4, -0.2) is 64.1 Å². The second-order valence-electron chi connectivity index (χ2n) is 7.97. The SMILES string of the molecule is [2H]CC1OC(N2C=CC(=O)CC2=O)C(F)C1OP(OC(C)CC#C)N(C(C)C)C(C)C. The molecule has 0 N–H and O–H groups in total. The summed E-state index contributed by atoms with van der Waals surface area (Å²) in [5.74, 6) is 1.67. The van der Waals surface area contributed by atoms with Crippen LogP contribution in [0.25, 0.3) is 0 Å². The van der Waals surface area contributed by atoms with E-state index < -0.39 is 39.0 Å². The molecule has 2 aliphatic rings. The summed E-state index contributed by atoms with van der Waals surface area (Å²) in [7, 11) is -1.72. The molecule has 168 valence electrons. The summed E-state index contributed by atoms with van der Waals surface area (Å²) in [4.78, 5) is 24.8. The highest BCUT2D eigenvalue weighted by molar-refractivity contribution is 7.44. The largest absolute Gasteiger partial charge is 0.349 e. The van der Waals surface area contributed by atoms with Crippen molar-refractivity contribution >= 4 is 20.2 Å². The number of carbonyl (C=O) groups is 2. The standard InChI is InChI=1S/C21H32FN2O5P/c1-8-9-15(6)28-30(24(13(2)3)14(4)5)29-20-16(7)27-21(19(20)22)23-11-10-17(25)12-18(23)26/h1,10-11,13-16,19-21H,9,12H2,2-7H3/i7D. The molecule has 0 aromatic rings.